The summed E-state index contributed by atoms with van der Waals surface area (Å²) in [5.41, 5.74) is 3.03. The van der Waals surface area contributed by atoms with Crippen LogP contribution >= 0.6 is 0 Å². The van der Waals surface area contributed by atoms with Crippen molar-refractivity contribution in [3.8, 4) is 0 Å². The Kier molecular flexibility index (Phi) is 6.90. The molecule has 0 aliphatic heterocycles. The third-order valence-corrected chi connectivity index (χ3v) is 11.9. The lowest BCUT2D eigenvalue weighted by Crippen LogP contribution is -2.56. The predicted octanol–water partition coefficient (Wildman–Crippen LogP) is 5.49. The Morgan fingerprint density at radius 3 is 2.34 bits per heavy atom. The fourth-order valence-electron chi connectivity index (χ4n) is 9.44. The molecule has 0 aromatic carbocycles. The third-order valence-electron chi connectivity index (χ3n) is 11.9. The average molecular weight is 489 g/mol. The molecule has 0 amide bonds. The second-order valence-corrected chi connectivity index (χ2v) is 13.6. The van der Waals surface area contributed by atoms with E-state index in [0.29, 0.717) is 25.2 Å². The van der Waals surface area contributed by atoms with Gasteiger partial charge < -0.3 is 20.4 Å². The summed E-state index contributed by atoms with van der Waals surface area (Å²) in [6, 6.07) is 0. The van der Waals surface area contributed by atoms with Crippen molar-refractivity contribution >= 4 is 5.97 Å². The standard InChI is InChI=1S/C30H48O5/c1-18(17-31)8-7-9-19(26(34)35)22-16-25(33)30(6)21-10-11-23-27(2,3)24(32)13-14-28(23,4)20(21)12-15-29(22,30)5/h8,19,22-25,31-33H,7,9-17H2,1-6H3,(H,34,35)/b18-8-/t19-,22-,23?,24+,25+,28-,29-,30-/m1/s1. The number of carboxylic acids is 1. The lowest BCUT2D eigenvalue weighted by molar-refractivity contribution is -0.147. The van der Waals surface area contributed by atoms with E-state index in [-0.39, 0.29) is 34.9 Å². The van der Waals surface area contributed by atoms with Crippen molar-refractivity contribution in [2.45, 2.75) is 112 Å². The van der Waals surface area contributed by atoms with Gasteiger partial charge in [-0.15, -0.1) is 0 Å². The molecule has 4 rings (SSSR count). The van der Waals surface area contributed by atoms with Gasteiger partial charge >= 0.3 is 5.97 Å². The van der Waals surface area contributed by atoms with Crippen LogP contribution in [0.25, 0.3) is 0 Å². The van der Waals surface area contributed by atoms with Crippen LogP contribution in [0.15, 0.2) is 22.8 Å². The van der Waals surface area contributed by atoms with E-state index < -0.39 is 23.4 Å². The number of carbonyl (C=O) groups is 1. The fraction of sp³-hybridized carbons (Fsp3) is 0.833. The third kappa shape index (κ3) is 3.78. The van der Waals surface area contributed by atoms with Crippen LogP contribution in [0.3, 0.4) is 0 Å². The lowest BCUT2D eigenvalue weighted by atomic mass is 9.43. The van der Waals surface area contributed by atoms with Crippen molar-refractivity contribution in [3.05, 3.63) is 22.8 Å². The quantitative estimate of drug-likeness (QED) is 0.371. The van der Waals surface area contributed by atoms with Crippen LogP contribution in [0.1, 0.15) is 99.3 Å². The first-order valence-electron chi connectivity index (χ1n) is 13.8. The van der Waals surface area contributed by atoms with Gasteiger partial charge in [-0.25, -0.2) is 0 Å². The maximum absolute atomic E-state index is 12.5. The molecular weight excluding hydrogens is 440 g/mol. The van der Waals surface area contributed by atoms with Crippen LogP contribution in [-0.4, -0.2) is 45.2 Å². The van der Waals surface area contributed by atoms with Crippen molar-refractivity contribution < 1.29 is 25.2 Å². The second kappa shape index (κ2) is 8.99. The summed E-state index contributed by atoms with van der Waals surface area (Å²) in [6.07, 6.45) is 8.49. The fourth-order valence-corrected chi connectivity index (χ4v) is 9.44. The van der Waals surface area contributed by atoms with Gasteiger partial charge in [0, 0.05) is 5.41 Å². The minimum atomic E-state index is -0.763. The maximum atomic E-state index is 12.5. The number of fused-ring (bicyclic) bond motifs is 4. The Hall–Kier alpha value is -1.17. The number of aliphatic hydroxyl groups is 3. The average Bonchev–Trinajstić information content (AvgIpc) is 3.00. The summed E-state index contributed by atoms with van der Waals surface area (Å²) in [5, 5.41) is 42.0. The molecule has 1 unspecified atom stereocenters. The first-order chi connectivity index (χ1) is 16.2. The molecule has 0 spiro atoms. The zero-order valence-corrected chi connectivity index (χ0v) is 22.7. The smallest absolute Gasteiger partial charge is 0.306 e. The molecule has 4 aliphatic carbocycles. The van der Waals surface area contributed by atoms with Gasteiger partial charge in [0.05, 0.1) is 24.7 Å². The van der Waals surface area contributed by atoms with Gasteiger partial charge in [-0.2, -0.15) is 0 Å². The summed E-state index contributed by atoms with van der Waals surface area (Å²) in [6.45, 7) is 13.2. The van der Waals surface area contributed by atoms with Gasteiger partial charge in [-0.1, -0.05) is 57.4 Å². The lowest BCUT2D eigenvalue weighted by Gasteiger charge is -2.62. The Balaban J connectivity index is 1.71. The van der Waals surface area contributed by atoms with Gasteiger partial charge in [0.25, 0.3) is 0 Å². The van der Waals surface area contributed by atoms with E-state index in [1.165, 1.54) is 11.1 Å². The topological polar surface area (TPSA) is 98.0 Å². The van der Waals surface area contributed by atoms with Crippen LogP contribution in [-0.2, 0) is 4.79 Å². The highest BCUT2D eigenvalue weighted by Crippen LogP contribution is 2.72. The summed E-state index contributed by atoms with van der Waals surface area (Å²) < 4.78 is 0. The van der Waals surface area contributed by atoms with E-state index in [4.69, 9.17) is 0 Å². The van der Waals surface area contributed by atoms with E-state index in [9.17, 15) is 25.2 Å². The van der Waals surface area contributed by atoms with Crippen molar-refractivity contribution in [2.24, 2.45) is 39.4 Å². The predicted molar refractivity (Wildman–Crippen MR) is 138 cm³/mol. The first kappa shape index (κ1) is 26.9. The summed E-state index contributed by atoms with van der Waals surface area (Å²) >= 11 is 0. The zero-order chi connectivity index (χ0) is 26.0. The SMILES string of the molecule is C/C(=C/CC[C@@H](C(=O)O)[C@H]1C[C@H](O)[C@@]2(C)C3=C(CC[C@]12C)[C@@]1(C)CC[C@H](O)C(C)(C)C1CC3)CO. The van der Waals surface area contributed by atoms with E-state index in [1.54, 1.807) is 0 Å². The molecule has 35 heavy (non-hydrogen) atoms. The van der Waals surface area contributed by atoms with Gasteiger partial charge in [-0.05, 0) is 92.8 Å². The van der Waals surface area contributed by atoms with Crippen LogP contribution in [0.5, 0.6) is 0 Å². The molecule has 2 fully saturated rings. The molecule has 5 heteroatoms. The molecule has 4 aliphatic rings. The normalized spacial score (nSPS) is 43.9. The molecule has 2 saturated carbocycles. The molecule has 0 aromatic rings. The summed E-state index contributed by atoms with van der Waals surface area (Å²) in [5.74, 6) is -0.918. The summed E-state index contributed by atoms with van der Waals surface area (Å²) in [4.78, 5) is 12.5. The number of carboxylic acid groups (broad SMARTS) is 1. The molecule has 0 heterocycles. The number of aliphatic hydroxyl groups excluding tert-OH is 3. The van der Waals surface area contributed by atoms with E-state index in [1.807, 2.05) is 13.0 Å². The van der Waals surface area contributed by atoms with Gasteiger partial charge in [0.15, 0.2) is 0 Å². The van der Waals surface area contributed by atoms with Crippen LogP contribution in [0, 0.1) is 39.4 Å². The van der Waals surface area contributed by atoms with E-state index >= 15 is 0 Å². The van der Waals surface area contributed by atoms with Crippen LogP contribution < -0.4 is 0 Å². The summed E-state index contributed by atoms with van der Waals surface area (Å²) in [7, 11) is 0. The molecule has 0 bridgehead atoms. The molecule has 0 saturated heterocycles. The second-order valence-electron chi connectivity index (χ2n) is 13.6. The number of hydrogen-bond acceptors (Lipinski definition) is 4. The molecule has 8 atom stereocenters. The van der Waals surface area contributed by atoms with Crippen molar-refractivity contribution in [2.75, 3.05) is 6.61 Å². The van der Waals surface area contributed by atoms with E-state index in [0.717, 1.165) is 44.1 Å². The van der Waals surface area contributed by atoms with Gasteiger partial charge in [0.1, 0.15) is 0 Å². The highest BCUT2D eigenvalue weighted by atomic mass is 16.4. The minimum Gasteiger partial charge on any atom is -0.481 e. The number of allylic oxidation sites excluding steroid dienone is 2. The Labute approximate surface area is 211 Å². The highest BCUT2D eigenvalue weighted by Gasteiger charge is 2.67. The first-order valence-corrected chi connectivity index (χ1v) is 13.8. The molecular formula is C30H48O5. The van der Waals surface area contributed by atoms with Crippen LogP contribution in [0.4, 0.5) is 0 Å². The van der Waals surface area contributed by atoms with Crippen molar-refractivity contribution in [3.63, 3.8) is 0 Å². The van der Waals surface area contributed by atoms with Gasteiger partial charge in [-0.3, -0.25) is 4.79 Å². The van der Waals surface area contributed by atoms with Crippen LogP contribution in [0.2, 0.25) is 0 Å². The highest BCUT2D eigenvalue weighted by molar-refractivity contribution is 5.71. The Morgan fingerprint density at radius 1 is 1.03 bits per heavy atom. The Morgan fingerprint density at radius 2 is 1.71 bits per heavy atom. The zero-order valence-electron chi connectivity index (χ0n) is 22.7. The molecule has 198 valence electrons. The Bertz CT molecular complexity index is 918. The molecule has 5 nitrogen and oxygen atoms in total. The van der Waals surface area contributed by atoms with Crippen molar-refractivity contribution in [1.29, 1.82) is 0 Å². The van der Waals surface area contributed by atoms with Crippen molar-refractivity contribution in [1.82, 2.24) is 0 Å². The largest absolute Gasteiger partial charge is 0.481 e. The van der Waals surface area contributed by atoms with Gasteiger partial charge in [0.2, 0.25) is 0 Å². The van der Waals surface area contributed by atoms with E-state index in [2.05, 4.69) is 34.6 Å². The monoisotopic (exact) mass is 488 g/mol. The maximum Gasteiger partial charge on any atom is 0.306 e. The minimum absolute atomic E-state index is 0.000193. The molecule has 0 radical (unpaired) electrons. The number of hydrogen-bond donors (Lipinski definition) is 4. The number of aliphatic carboxylic acids is 1. The number of rotatable bonds is 6. The molecule has 4 N–H and O–H groups in total. The molecule has 0 aromatic heterocycles.